The molecule has 1 atom stereocenters. The van der Waals surface area contributed by atoms with Gasteiger partial charge in [-0.2, -0.15) is 0 Å². The Morgan fingerprint density at radius 1 is 1.32 bits per heavy atom. The highest BCUT2D eigenvalue weighted by atomic mass is 31.2. The number of benzene rings is 1. The fraction of sp³-hybridized carbons (Fsp3) is 0.533. The molecule has 1 aliphatic rings. The Hall–Kier alpha value is -1.39. The Morgan fingerprint density at radius 2 is 1.91 bits per heavy atom. The number of ether oxygens (including phenoxy) is 1. The highest BCUT2D eigenvalue weighted by molar-refractivity contribution is 7.56. The second kappa shape index (κ2) is 6.80. The molecule has 1 N–H and O–H groups in total. The average Bonchev–Trinajstić information content (AvgIpc) is 2.90. The number of carbonyl (C=O) groups is 1. The summed E-state index contributed by atoms with van der Waals surface area (Å²) < 4.78 is 36.2. The normalized spacial score (nSPS) is 19.4. The molecule has 1 aromatic rings. The van der Waals surface area contributed by atoms with Crippen molar-refractivity contribution in [3.63, 3.8) is 0 Å². The highest BCUT2D eigenvalue weighted by Crippen LogP contribution is 2.45. The van der Waals surface area contributed by atoms with Crippen LogP contribution in [0.4, 0.5) is 4.39 Å². The van der Waals surface area contributed by atoms with Crippen molar-refractivity contribution in [3.05, 3.63) is 30.1 Å². The van der Waals surface area contributed by atoms with Crippen molar-refractivity contribution in [2.75, 3.05) is 13.3 Å². The minimum Gasteiger partial charge on any atom is -0.465 e. The molecule has 7 heteroatoms. The number of nitrogens with one attached hydrogen (secondary N) is 1. The predicted molar refractivity (Wildman–Crippen MR) is 81.5 cm³/mol. The van der Waals surface area contributed by atoms with Crippen molar-refractivity contribution in [3.8, 4) is 5.75 Å². The minimum absolute atomic E-state index is 0.273. The van der Waals surface area contributed by atoms with E-state index in [2.05, 4.69) is 5.09 Å². The topological polar surface area (TPSA) is 64.6 Å². The summed E-state index contributed by atoms with van der Waals surface area (Å²) in [5, 5.41) is 2.88. The summed E-state index contributed by atoms with van der Waals surface area (Å²) in [6.45, 7) is 3.42. The highest BCUT2D eigenvalue weighted by Gasteiger charge is 2.46. The largest absolute Gasteiger partial charge is 0.465 e. The summed E-state index contributed by atoms with van der Waals surface area (Å²) >= 11 is 0. The molecule has 122 valence electrons. The fourth-order valence-corrected chi connectivity index (χ4v) is 4.38. The van der Waals surface area contributed by atoms with Gasteiger partial charge in [-0.05, 0) is 44.0 Å². The van der Waals surface area contributed by atoms with E-state index in [1.807, 2.05) is 0 Å². The van der Waals surface area contributed by atoms with E-state index in [0.29, 0.717) is 12.8 Å². The summed E-state index contributed by atoms with van der Waals surface area (Å²) in [7, 11) is -3.29. The van der Waals surface area contributed by atoms with Gasteiger partial charge in [0.05, 0.1) is 6.61 Å². The molecular weight excluding hydrogens is 308 g/mol. The molecule has 1 saturated carbocycles. The second-order valence-corrected chi connectivity index (χ2v) is 7.61. The van der Waals surface area contributed by atoms with Crippen LogP contribution < -0.4 is 9.61 Å². The van der Waals surface area contributed by atoms with E-state index in [1.165, 1.54) is 30.9 Å². The molecule has 0 aliphatic heterocycles. The third-order valence-corrected chi connectivity index (χ3v) is 5.03. The molecule has 0 bridgehead atoms. The lowest BCUT2D eigenvalue weighted by molar-refractivity contribution is -0.150. The van der Waals surface area contributed by atoms with Crippen LogP contribution in [-0.2, 0) is 14.1 Å². The van der Waals surface area contributed by atoms with E-state index < -0.39 is 24.8 Å². The molecule has 1 aliphatic carbocycles. The maximum absolute atomic E-state index is 12.9. The van der Waals surface area contributed by atoms with Gasteiger partial charge in [-0.1, -0.05) is 12.8 Å². The van der Waals surface area contributed by atoms with Crippen molar-refractivity contribution in [2.45, 2.75) is 38.1 Å². The number of hydrogen-bond donors (Lipinski definition) is 1. The maximum atomic E-state index is 12.9. The number of halogens is 1. The Bertz CT molecular complexity index is 569. The number of hydrogen-bond acceptors (Lipinski definition) is 4. The molecule has 1 fully saturated rings. The third kappa shape index (κ3) is 4.08. The average molecular weight is 329 g/mol. The summed E-state index contributed by atoms with van der Waals surface area (Å²) in [4.78, 5) is 12.2. The predicted octanol–water partition coefficient (Wildman–Crippen LogP) is 3.49. The Labute approximate surface area is 129 Å². The van der Waals surface area contributed by atoms with Gasteiger partial charge in [0, 0.05) is 6.66 Å². The lowest BCUT2D eigenvalue weighted by atomic mass is 10.00. The Balaban J connectivity index is 2.12. The van der Waals surface area contributed by atoms with E-state index >= 15 is 0 Å². The molecular formula is C15H21FNO4P. The Morgan fingerprint density at radius 3 is 2.45 bits per heavy atom. The smallest absolute Gasteiger partial charge is 0.326 e. The number of esters is 1. The van der Waals surface area contributed by atoms with Crippen LogP contribution in [0, 0.1) is 5.82 Å². The van der Waals surface area contributed by atoms with Crippen molar-refractivity contribution in [2.24, 2.45) is 0 Å². The first kappa shape index (κ1) is 17.0. The monoisotopic (exact) mass is 329 g/mol. The fourth-order valence-electron chi connectivity index (χ4n) is 2.72. The van der Waals surface area contributed by atoms with Crippen molar-refractivity contribution < 1.29 is 23.0 Å². The van der Waals surface area contributed by atoms with E-state index in [-0.39, 0.29) is 12.4 Å². The van der Waals surface area contributed by atoms with Crippen molar-refractivity contribution in [1.29, 1.82) is 0 Å². The van der Waals surface area contributed by atoms with Gasteiger partial charge < -0.3 is 9.26 Å². The Kier molecular flexibility index (Phi) is 5.24. The zero-order valence-electron chi connectivity index (χ0n) is 12.8. The molecule has 0 amide bonds. The summed E-state index contributed by atoms with van der Waals surface area (Å²) in [6, 6.07) is 5.26. The first-order valence-corrected chi connectivity index (χ1v) is 9.43. The molecule has 22 heavy (non-hydrogen) atoms. The van der Waals surface area contributed by atoms with E-state index in [4.69, 9.17) is 9.26 Å². The molecule has 0 spiro atoms. The molecule has 1 unspecified atom stereocenters. The first-order valence-electron chi connectivity index (χ1n) is 7.36. The van der Waals surface area contributed by atoms with Crippen LogP contribution in [0.2, 0.25) is 0 Å². The van der Waals surface area contributed by atoms with Crippen LogP contribution in [0.3, 0.4) is 0 Å². The van der Waals surface area contributed by atoms with Gasteiger partial charge in [-0.25, -0.2) is 9.48 Å². The van der Waals surface area contributed by atoms with Gasteiger partial charge in [0.1, 0.15) is 17.1 Å². The van der Waals surface area contributed by atoms with Crippen molar-refractivity contribution >= 4 is 13.5 Å². The SMILES string of the molecule is CCOC(=O)C1(NP(C)(=O)Oc2ccc(F)cc2)CCCC1. The van der Waals surface area contributed by atoms with Gasteiger partial charge in [-0.15, -0.1) is 0 Å². The second-order valence-electron chi connectivity index (χ2n) is 5.51. The molecule has 2 rings (SSSR count). The zero-order chi connectivity index (χ0) is 16.2. The van der Waals surface area contributed by atoms with Gasteiger partial charge in [0.15, 0.2) is 0 Å². The molecule has 1 aromatic carbocycles. The van der Waals surface area contributed by atoms with Gasteiger partial charge >= 0.3 is 13.5 Å². The van der Waals surface area contributed by atoms with Crippen LogP contribution >= 0.6 is 7.52 Å². The minimum atomic E-state index is -3.29. The third-order valence-electron chi connectivity index (χ3n) is 3.63. The van der Waals surface area contributed by atoms with Gasteiger partial charge in [0.25, 0.3) is 0 Å². The summed E-state index contributed by atoms with van der Waals surface area (Å²) in [6.07, 6.45) is 2.86. The number of carbonyl (C=O) groups excluding carboxylic acids is 1. The standard InChI is InChI=1S/C15H21FNO4P/c1-3-20-14(18)15(10-4-5-11-15)17-22(2,19)21-13-8-6-12(16)7-9-13/h6-9H,3-5,10-11H2,1-2H3,(H,17,19). The first-order chi connectivity index (χ1) is 10.4. The van der Waals surface area contributed by atoms with E-state index in [9.17, 15) is 13.8 Å². The van der Waals surface area contributed by atoms with Crippen LogP contribution in [0.1, 0.15) is 32.6 Å². The van der Waals surface area contributed by atoms with Crippen LogP contribution in [0.25, 0.3) is 0 Å². The quantitative estimate of drug-likeness (QED) is 0.639. The van der Waals surface area contributed by atoms with Crippen LogP contribution in [-0.4, -0.2) is 24.8 Å². The van der Waals surface area contributed by atoms with Gasteiger partial charge in [0.2, 0.25) is 0 Å². The van der Waals surface area contributed by atoms with E-state index in [1.54, 1.807) is 6.92 Å². The van der Waals surface area contributed by atoms with E-state index in [0.717, 1.165) is 12.8 Å². The van der Waals surface area contributed by atoms with Crippen molar-refractivity contribution in [1.82, 2.24) is 5.09 Å². The summed E-state index contributed by atoms with van der Waals surface area (Å²) in [5.74, 6) is -0.501. The molecule has 0 saturated heterocycles. The zero-order valence-corrected chi connectivity index (χ0v) is 13.7. The maximum Gasteiger partial charge on any atom is 0.326 e. The summed E-state index contributed by atoms with van der Waals surface area (Å²) in [5.41, 5.74) is -0.958. The van der Waals surface area contributed by atoms with Crippen LogP contribution in [0.15, 0.2) is 24.3 Å². The molecule has 5 nitrogen and oxygen atoms in total. The lowest BCUT2D eigenvalue weighted by Gasteiger charge is -2.30. The molecule has 0 radical (unpaired) electrons. The number of rotatable bonds is 6. The molecule has 0 heterocycles. The molecule has 0 aromatic heterocycles. The van der Waals surface area contributed by atoms with Gasteiger partial charge in [-0.3, -0.25) is 9.36 Å². The lowest BCUT2D eigenvalue weighted by Crippen LogP contribution is -2.49. The van der Waals surface area contributed by atoms with Crippen LogP contribution in [0.5, 0.6) is 5.75 Å².